The summed E-state index contributed by atoms with van der Waals surface area (Å²) < 4.78 is 16.6. The van der Waals surface area contributed by atoms with Crippen LogP contribution in [0.3, 0.4) is 0 Å². The molecule has 0 amide bonds. The number of ether oxygens (including phenoxy) is 2. The Morgan fingerprint density at radius 2 is 2.17 bits per heavy atom. The van der Waals surface area contributed by atoms with Crippen molar-refractivity contribution < 1.29 is 13.9 Å². The molecule has 1 saturated heterocycles. The molecule has 1 atom stereocenters. The fourth-order valence-corrected chi connectivity index (χ4v) is 2.89. The van der Waals surface area contributed by atoms with Gasteiger partial charge in [0.25, 0.3) is 0 Å². The van der Waals surface area contributed by atoms with Crippen molar-refractivity contribution in [2.24, 2.45) is 0 Å². The Hall–Kier alpha value is -1.92. The Morgan fingerprint density at radius 3 is 2.87 bits per heavy atom. The van der Waals surface area contributed by atoms with Crippen molar-refractivity contribution in [3.63, 3.8) is 0 Å². The molecule has 124 valence electrons. The zero-order valence-corrected chi connectivity index (χ0v) is 13.9. The third-order valence-electron chi connectivity index (χ3n) is 4.16. The molecule has 1 aliphatic rings. The third kappa shape index (κ3) is 3.71. The van der Waals surface area contributed by atoms with Gasteiger partial charge in [0.15, 0.2) is 0 Å². The summed E-state index contributed by atoms with van der Waals surface area (Å²) in [6.45, 7) is 7.18. The summed E-state index contributed by atoms with van der Waals surface area (Å²) in [5, 5.41) is 7.97. The van der Waals surface area contributed by atoms with Crippen LogP contribution in [0.4, 0.5) is 0 Å². The number of methoxy groups -OCH3 is 1. The Morgan fingerprint density at radius 1 is 1.30 bits per heavy atom. The second-order valence-electron chi connectivity index (χ2n) is 5.74. The molecule has 0 N–H and O–H groups in total. The van der Waals surface area contributed by atoms with Gasteiger partial charge in [-0.1, -0.05) is 13.0 Å². The van der Waals surface area contributed by atoms with Gasteiger partial charge in [0.2, 0.25) is 11.8 Å². The van der Waals surface area contributed by atoms with E-state index in [4.69, 9.17) is 13.9 Å². The Bertz CT molecular complexity index is 656. The average Bonchev–Trinajstić information content (AvgIpc) is 3.02. The smallest absolute Gasteiger partial charge is 0.246 e. The van der Waals surface area contributed by atoms with Gasteiger partial charge in [-0.15, -0.1) is 10.2 Å². The van der Waals surface area contributed by atoms with E-state index in [0.717, 1.165) is 31.8 Å². The maximum absolute atomic E-state index is 5.78. The van der Waals surface area contributed by atoms with E-state index >= 15 is 0 Å². The quantitative estimate of drug-likeness (QED) is 0.844. The van der Waals surface area contributed by atoms with Crippen LogP contribution < -0.4 is 4.74 Å². The molecule has 0 aliphatic carbocycles. The van der Waals surface area contributed by atoms with Crippen molar-refractivity contribution in [3.05, 3.63) is 41.1 Å². The predicted molar refractivity (Wildman–Crippen MR) is 85.4 cm³/mol. The van der Waals surface area contributed by atoms with E-state index in [1.807, 2.05) is 6.07 Å². The first-order chi connectivity index (χ1) is 11.2. The van der Waals surface area contributed by atoms with E-state index in [-0.39, 0.29) is 6.10 Å². The van der Waals surface area contributed by atoms with Crippen LogP contribution in [-0.4, -0.2) is 41.9 Å². The van der Waals surface area contributed by atoms with Crippen molar-refractivity contribution in [3.8, 4) is 5.75 Å². The number of nitrogens with zero attached hydrogens (tertiary/aromatic N) is 3. The fraction of sp³-hybridized carbons (Fsp3) is 0.529. The van der Waals surface area contributed by atoms with Crippen LogP contribution in [-0.2, 0) is 17.7 Å². The SMILES string of the molecule is CCc1cc(OC)ccc1CN1CCOC(c2nnc(C)o2)C1. The standard InChI is InChI=1S/C17H23N3O3/c1-4-13-9-15(21-3)6-5-14(13)10-20-7-8-22-16(11-20)17-19-18-12(2)23-17/h5-6,9,16H,4,7-8,10-11H2,1-3H3. The number of morpholine rings is 1. The number of hydrogen-bond acceptors (Lipinski definition) is 6. The van der Waals surface area contributed by atoms with Gasteiger partial charge in [-0.25, -0.2) is 0 Å². The van der Waals surface area contributed by atoms with E-state index in [1.54, 1.807) is 14.0 Å². The molecule has 1 aromatic carbocycles. The minimum absolute atomic E-state index is 0.145. The largest absolute Gasteiger partial charge is 0.497 e. The highest BCUT2D eigenvalue weighted by molar-refractivity contribution is 5.35. The number of hydrogen-bond donors (Lipinski definition) is 0. The molecule has 2 aromatic rings. The lowest BCUT2D eigenvalue weighted by molar-refractivity contribution is -0.0457. The summed E-state index contributed by atoms with van der Waals surface area (Å²) in [6.07, 6.45) is 0.844. The van der Waals surface area contributed by atoms with Crippen molar-refractivity contribution in [1.29, 1.82) is 0 Å². The van der Waals surface area contributed by atoms with Gasteiger partial charge in [-0.3, -0.25) is 4.90 Å². The van der Waals surface area contributed by atoms with Crippen LogP contribution in [0.25, 0.3) is 0 Å². The maximum atomic E-state index is 5.78. The lowest BCUT2D eigenvalue weighted by Gasteiger charge is -2.31. The minimum Gasteiger partial charge on any atom is -0.497 e. The van der Waals surface area contributed by atoms with Crippen LogP contribution >= 0.6 is 0 Å². The summed E-state index contributed by atoms with van der Waals surface area (Å²) in [5.41, 5.74) is 2.65. The number of aryl methyl sites for hydroxylation is 2. The molecule has 1 aliphatic heterocycles. The Labute approximate surface area is 136 Å². The van der Waals surface area contributed by atoms with Gasteiger partial charge in [0.1, 0.15) is 11.9 Å². The third-order valence-corrected chi connectivity index (χ3v) is 4.16. The first kappa shape index (κ1) is 16.0. The summed E-state index contributed by atoms with van der Waals surface area (Å²) in [5.74, 6) is 2.05. The molecule has 1 fully saturated rings. The van der Waals surface area contributed by atoms with Crippen molar-refractivity contribution in [2.45, 2.75) is 32.9 Å². The van der Waals surface area contributed by atoms with Crippen LogP contribution in [0.15, 0.2) is 22.6 Å². The summed E-state index contributed by atoms with van der Waals surface area (Å²) in [7, 11) is 1.70. The number of aromatic nitrogens is 2. The van der Waals surface area contributed by atoms with E-state index < -0.39 is 0 Å². The molecule has 6 nitrogen and oxygen atoms in total. The van der Waals surface area contributed by atoms with Crippen molar-refractivity contribution in [1.82, 2.24) is 15.1 Å². The van der Waals surface area contributed by atoms with Crippen LogP contribution in [0, 0.1) is 6.92 Å². The molecule has 2 heterocycles. The van der Waals surface area contributed by atoms with E-state index in [1.165, 1.54) is 11.1 Å². The molecule has 1 unspecified atom stereocenters. The molecule has 0 bridgehead atoms. The van der Waals surface area contributed by atoms with Crippen LogP contribution in [0.1, 0.15) is 35.9 Å². The molecule has 6 heteroatoms. The van der Waals surface area contributed by atoms with Crippen LogP contribution in [0.5, 0.6) is 5.75 Å². The zero-order valence-electron chi connectivity index (χ0n) is 13.9. The highest BCUT2D eigenvalue weighted by atomic mass is 16.5. The normalized spacial score (nSPS) is 19.0. The molecule has 0 spiro atoms. The molecular weight excluding hydrogens is 294 g/mol. The van der Waals surface area contributed by atoms with Crippen molar-refractivity contribution >= 4 is 0 Å². The van der Waals surface area contributed by atoms with Gasteiger partial charge >= 0.3 is 0 Å². The van der Waals surface area contributed by atoms with E-state index in [0.29, 0.717) is 18.4 Å². The van der Waals surface area contributed by atoms with Gasteiger partial charge in [0, 0.05) is 26.6 Å². The minimum atomic E-state index is -0.145. The van der Waals surface area contributed by atoms with Crippen LogP contribution in [0.2, 0.25) is 0 Å². The lowest BCUT2D eigenvalue weighted by atomic mass is 10.0. The topological polar surface area (TPSA) is 60.6 Å². The van der Waals surface area contributed by atoms with E-state index in [9.17, 15) is 0 Å². The molecule has 23 heavy (non-hydrogen) atoms. The second-order valence-corrected chi connectivity index (χ2v) is 5.74. The second kappa shape index (κ2) is 7.10. The highest BCUT2D eigenvalue weighted by Crippen LogP contribution is 2.24. The molecular formula is C17H23N3O3. The summed E-state index contributed by atoms with van der Waals surface area (Å²) in [4.78, 5) is 2.37. The molecule has 0 saturated carbocycles. The first-order valence-electron chi connectivity index (χ1n) is 7.99. The average molecular weight is 317 g/mol. The first-order valence-corrected chi connectivity index (χ1v) is 7.99. The fourth-order valence-electron chi connectivity index (χ4n) is 2.89. The molecule has 0 radical (unpaired) electrons. The highest BCUT2D eigenvalue weighted by Gasteiger charge is 2.26. The molecule has 1 aromatic heterocycles. The molecule has 3 rings (SSSR count). The number of rotatable bonds is 5. The lowest BCUT2D eigenvalue weighted by Crippen LogP contribution is -2.38. The monoisotopic (exact) mass is 317 g/mol. The van der Waals surface area contributed by atoms with Gasteiger partial charge in [0.05, 0.1) is 13.7 Å². The Balaban J connectivity index is 1.70. The Kier molecular flexibility index (Phi) is 4.93. The number of benzene rings is 1. The summed E-state index contributed by atoms with van der Waals surface area (Å²) in [6, 6.07) is 6.29. The van der Waals surface area contributed by atoms with Gasteiger partial charge in [-0.2, -0.15) is 0 Å². The van der Waals surface area contributed by atoms with Gasteiger partial charge in [-0.05, 0) is 29.7 Å². The predicted octanol–water partition coefficient (Wildman–Crippen LogP) is 2.52. The van der Waals surface area contributed by atoms with Gasteiger partial charge < -0.3 is 13.9 Å². The van der Waals surface area contributed by atoms with E-state index in [2.05, 4.69) is 34.2 Å². The zero-order chi connectivity index (χ0) is 16.2. The maximum Gasteiger partial charge on any atom is 0.246 e. The summed E-state index contributed by atoms with van der Waals surface area (Å²) >= 11 is 0. The van der Waals surface area contributed by atoms with Crippen molar-refractivity contribution in [2.75, 3.05) is 26.8 Å².